The summed E-state index contributed by atoms with van der Waals surface area (Å²) in [5.74, 6) is 0.579. The van der Waals surface area contributed by atoms with Crippen molar-refractivity contribution in [2.24, 2.45) is 10.7 Å². The summed E-state index contributed by atoms with van der Waals surface area (Å²) in [5, 5.41) is 3.85. The highest BCUT2D eigenvalue weighted by Gasteiger charge is 2.30. The van der Waals surface area contributed by atoms with Crippen LogP contribution in [0.2, 0.25) is 5.02 Å². The lowest BCUT2D eigenvalue weighted by Crippen LogP contribution is -2.29. The summed E-state index contributed by atoms with van der Waals surface area (Å²) in [6, 6.07) is 5.06. The number of nitrogens with two attached hydrogens (primary N) is 1. The summed E-state index contributed by atoms with van der Waals surface area (Å²) >= 11 is 7.33. The molecular weight excluding hydrogens is 346 g/mol. The van der Waals surface area contributed by atoms with Gasteiger partial charge in [0.1, 0.15) is 5.69 Å². The van der Waals surface area contributed by atoms with Gasteiger partial charge in [0.05, 0.1) is 22.4 Å². The van der Waals surface area contributed by atoms with E-state index in [1.54, 1.807) is 36.3 Å². The lowest BCUT2D eigenvalue weighted by atomic mass is 9.91. The van der Waals surface area contributed by atoms with E-state index < -0.39 is 5.54 Å². The molecule has 1 atom stereocenters. The number of amidine groups is 1. The molecule has 1 amide bonds. The van der Waals surface area contributed by atoms with E-state index in [1.807, 2.05) is 13.0 Å². The van der Waals surface area contributed by atoms with Crippen LogP contribution in [0.15, 0.2) is 41.8 Å². The lowest BCUT2D eigenvalue weighted by molar-refractivity contribution is 0.102. The van der Waals surface area contributed by atoms with Crippen LogP contribution in [0.4, 0.5) is 5.69 Å². The van der Waals surface area contributed by atoms with Crippen LogP contribution in [-0.4, -0.2) is 26.8 Å². The lowest BCUT2D eigenvalue weighted by Gasteiger charge is -2.29. The third-order valence-electron chi connectivity index (χ3n) is 3.77. The fraction of sp³-hybridized carbons (Fsp3) is 0.250. The number of aromatic nitrogens is 2. The average molecular weight is 362 g/mol. The third kappa shape index (κ3) is 3.68. The van der Waals surface area contributed by atoms with E-state index in [0.29, 0.717) is 15.9 Å². The summed E-state index contributed by atoms with van der Waals surface area (Å²) < 4.78 is 0. The quantitative estimate of drug-likeness (QED) is 0.876. The van der Waals surface area contributed by atoms with E-state index in [-0.39, 0.29) is 11.6 Å². The van der Waals surface area contributed by atoms with E-state index >= 15 is 0 Å². The Morgan fingerprint density at radius 3 is 2.92 bits per heavy atom. The Morgan fingerprint density at radius 1 is 1.38 bits per heavy atom. The van der Waals surface area contributed by atoms with Crippen molar-refractivity contribution >= 4 is 40.1 Å². The number of hydrogen-bond acceptors (Lipinski definition) is 6. The number of anilines is 1. The van der Waals surface area contributed by atoms with Gasteiger partial charge in [0, 0.05) is 18.1 Å². The minimum atomic E-state index is -0.429. The highest BCUT2D eigenvalue weighted by Crippen LogP contribution is 2.35. The summed E-state index contributed by atoms with van der Waals surface area (Å²) in [4.78, 5) is 25.0. The molecule has 0 aliphatic carbocycles. The van der Waals surface area contributed by atoms with Crippen LogP contribution < -0.4 is 11.1 Å². The second-order valence-electron chi connectivity index (χ2n) is 5.60. The first-order valence-electron chi connectivity index (χ1n) is 7.33. The van der Waals surface area contributed by atoms with E-state index in [1.165, 1.54) is 6.20 Å². The third-order valence-corrected chi connectivity index (χ3v) is 4.79. The molecule has 3 heterocycles. The molecule has 0 aromatic carbocycles. The van der Waals surface area contributed by atoms with Gasteiger partial charge in [-0.2, -0.15) is 0 Å². The molecule has 0 radical (unpaired) electrons. The molecule has 0 saturated carbocycles. The molecule has 3 N–H and O–H groups in total. The smallest absolute Gasteiger partial charge is 0.274 e. The molecule has 0 spiro atoms. The number of rotatable bonds is 3. The van der Waals surface area contributed by atoms with Crippen LogP contribution in [0.1, 0.15) is 29.4 Å². The zero-order valence-electron chi connectivity index (χ0n) is 13.0. The van der Waals surface area contributed by atoms with Crippen LogP contribution >= 0.6 is 23.4 Å². The van der Waals surface area contributed by atoms with Crippen LogP contribution in [0.3, 0.4) is 0 Å². The average Bonchev–Trinajstić information content (AvgIpc) is 2.55. The second kappa shape index (κ2) is 6.78. The number of nitrogens with zero attached hydrogens (tertiary/aromatic N) is 3. The maximum atomic E-state index is 12.2. The van der Waals surface area contributed by atoms with Crippen molar-refractivity contribution in [1.82, 2.24) is 9.97 Å². The summed E-state index contributed by atoms with van der Waals surface area (Å²) in [6.07, 6.45) is 5.63. The Bertz CT molecular complexity index is 795. The largest absolute Gasteiger partial charge is 0.379 e. The van der Waals surface area contributed by atoms with E-state index in [9.17, 15) is 4.79 Å². The first-order valence-corrected chi connectivity index (χ1v) is 8.69. The van der Waals surface area contributed by atoms with E-state index in [2.05, 4.69) is 20.3 Å². The van der Waals surface area contributed by atoms with Crippen molar-refractivity contribution in [3.05, 3.63) is 53.1 Å². The molecule has 3 rings (SSSR count). The molecule has 24 heavy (non-hydrogen) atoms. The highest BCUT2D eigenvalue weighted by molar-refractivity contribution is 8.13. The number of aliphatic imine (C=N–C) groups is 1. The minimum Gasteiger partial charge on any atom is -0.379 e. The summed E-state index contributed by atoms with van der Waals surface area (Å²) in [7, 11) is 0. The van der Waals surface area contributed by atoms with Crippen molar-refractivity contribution in [3.63, 3.8) is 0 Å². The number of pyridine rings is 2. The van der Waals surface area contributed by atoms with Gasteiger partial charge < -0.3 is 11.1 Å². The SMILES string of the molecule is C[C@@]1(c2cncc(NC(=O)c3ccc(Cl)cn3)c2)CCSC(N)=N1. The number of carbonyl (C=O) groups is 1. The van der Waals surface area contributed by atoms with Gasteiger partial charge in [-0.05, 0) is 37.1 Å². The number of carbonyl (C=O) groups excluding carboxylic acids is 1. The zero-order valence-corrected chi connectivity index (χ0v) is 14.6. The van der Waals surface area contributed by atoms with Crippen molar-refractivity contribution in [2.45, 2.75) is 18.9 Å². The van der Waals surface area contributed by atoms with Gasteiger partial charge in [0.15, 0.2) is 5.17 Å². The normalized spacial score (nSPS) is 20.3. The van der Waals surface area contributed by atoms with Gasteiger partial charge >= 0.3 is 0 Å². The monoisotopic (exact) mass is 361 g/mol. The Hall–Kier alpha value is -2.12. The summed E-state index contributed by atoms with van der Waals surface area (Å²) in [5.41, 5.74) is 7.21. The predicted molar refractivity (Wildman–Crippen MR) is 97.5 cm³/mol. The molecular formula is C16H16ClN5OS. The molecule has 0 bridgehead atoms. The molecule has 0 unspecified atom stereocenters. The Morgan fingerprint density at radius 2 is 2.21 bits per heavy atom. The highest BCUT2D eigenvalue weighted by atomic mass is 35.5. The molecule has 8 heteroatoms. The molecule has 2 aromatic rings. The predicted octanol–water partition coefficient (Wildman–Crippen LogP) is 3.05. The number of thioether (sulfide) groups is 1. The van der Waals surface area contributed by atoms with Crippen LogP contribution in [-0.2, 0) is 5.54 Å². The van der Waals surface area contributed by atoms with Crippen LogP contribution in [0.25, 0.3) is 0 Å². The van der Waals surface area contributed by atoms with E-state index in [4.69, 9.17) is 17.3 Å². The van der Waals surface area contributed by atoms with Crippen molar-refractivity contribution in [1.29, 1.82) is 0 Å². The van der Waals surface area contributed by atoms with Gasteiger partial charge in [-0.3, -0.25) is 14.8 Å². The molecule has 124 valence electrons. The second-order valence-corrected chi connectivity index (χ2v) is 7.15. The Labute approximate surface area is 148 Å². The topological polar surface area (TPSA) is 93.3 Å². The molecule has 1 aliphatic rings. The van der Waals surface area contributed by atoms with Gasteiger partial charge in [-0.15, -0.1) is 0 Å². The fourth-order valence-corrected chi connectivity index (χ4v) is 3.49. The van der Waals surface area contributed by atoms with Gasteiger partial charge in [0.2, 0.25) is 0 Å². The van der Waals surface area contributed by atoms with Crippen molar-refractivity contribution in [3.8, 4) is 0 Å². The first kappa shape index (κ1) is 16.7. The number of amides is 1. The van der Waals surface area contributed by atoms with E-state index in [0.717, 1.165) is 17.7 Å². The van der Waals surface area contributed by atoms with Gasteiger partial charge in [-0.25, -0.2) is 4.98 Å². The first-order chi connectivity index (χ1) is 11.5. The number of nitrogens with one attached hydrogen (secondary N) is 1. The molecule has 0 fully saturated rings. The van der Waals surface area contributed by atoms with Crippen LogP contribution in [0.5, 0.6) is 0 Å². The maximum Gasteiger partial charge on any atom is 0.274 e. The molecule has 0 saturated heterocycles. The standard InChI is InChI=1S/C16H16ClN5OS/c1-16(4-5-24-15(18)22-16)10-6-12(9-19-7-10)21-14(23)13-3-2-11(17)8-20-13/h2-3,6-9H,4-5H2,1H3,(H2,18,22)(H,21,23)/t16-/m0/s1. The van der Waals surface area contributed by atoms with Gasteiger partial charge in [0.25, 0.3) is 5.91 Å². The molecule has 2 aromatic heterocycles. The summed E-state index contributed by atoms with van der Waals surface area (Å²) in [6.45, 7) is 2.02. The maximum absolute atomic E-state index is 12.2. The molecule has 1 aliphatic heterocycles. The van der Waals surface area contributed by atoms with Crippen LogP contribution in [0, 0.1) is 0 Å². The van der Waals surface area contributed by atoms with Crippen molar-refractivity contribution < 1.29 is 4.79 Å². The number of hydrogen-bond donors (Lipinski definition) is 2. The molecule has 6 nitrogen and oxygen atoms in total. The van der Waals surface area contributed by atoms with Gasteiger partial charge in [-0.1, -0.05) is 23.4 Å². The van der Waals surface area contributed by atoms with Crippen molar-refractivity contribution in [2.75, 3.05) is 11.1 Å². The number of halogens is 1. The minimum absolute atomic E-state index is 0.285. The Kier molecular flexibility index (Phi) is 4.73. The fourth-order valence-electron chi connectivity index (χ4n) is 2.40. The zero-order chi connectivity index (χ0) is 17.2. The Balaban J connectivity index is 1.82.